The fourth-order valence-corrected chi connectivity index (χ4v) is 2.86. The lowest BCUT2D eigenvalue weighted by Gasteiger charge is -2.18. The molecule has 1 fully saturated rings. The van der Waals surface area contributed by atoms with Crippen LogP contribution in [0.15, 0.2) is 29.2 Å². The lowest BCUT2D eigenvalue weighted by Crippen LogP contribution is -2.26. The van der Waals surface area contributed by atoms with Crippen molar-refractivity contribution in [2.75, 3.05) is 19.5 Å². The quantitative estimate of drug-likeness (QED) is 0.482. The largest absolute Gasteiger partial charge is 0.488 e. The van der Waals surface area contributed by atoms with Gasteiger partial charge in [0.2, 0.25) is 0 Å². The molecular formula is C20H22FN3O6. The Bertz CT molecular complexity index is 1050. The lowest BCUT2D eigenvalue weighted by atomic mass is 9.95. The van der Waals surface area contributed by atoms with Crippen LogP contribution in [0.2, 0.25) is 0 Å². The maximum Gasteiger partial charge on any atom is 0.354 e. The van der Waals surface area contributed by atoms with E-state index in [-0.39, 0.29) is 35.8 Å². The summed E-state index contributed by atoms with van der Waals surface area (Å²) in [5.74, 6) is -3.19. The summed E-state index contributed by atoms with van der Waals surface area (Å²) in [6.45, 7) is 1.38. The van der Waals surface area contributed by atoms with Gasteiger partial charge in [0, 0.05) is 12.1 Å². The standard InChI is InChI=1S/C20H22FN3O6/c1-11(9-15(25)29-2)18(26)12-3-4-13(30-10-20(28)6-7-20)17(16(12)21)24-8-5-14(22)23-19(24)27/h3-5,8,11,28H,6-7,9-10H2,1-2H3,(H2,22,23,27). The first-order valence-corrected chi connectivity index (χ1v) is 9.29. The van der Waals surface area contributed by atoms with Crippen LogP contribution >= 0.6 is 0 Å². The predicted molar refractivity (Wildman–Crippen MR) is 104 cm³/mol. The summed E-state index contributed by atoms with van der Waals surface area (Å²) in [7, 11) is 1.19. The van der Waals surface area contributed by atoms with Gasteiger partial charge in [-0.05, 0) is 31.0 Å². The van der Waals surface area contributed by atoms with Crippen LogP contribution in [0.3, 0.4) is 0 Å². The molecule has 3 rings (SSSR count). The predicted octanol–water partition coefficient (Wildman–Crippen LogP) is 1.24. The van der Waals surface area contributed by atoms with Gasteiger partial charge in [-0.15, -0.1) is 0 Å². The molecule has 1 heterocycles. The fourth-order valence-electron chi connectivity index (χ4n) is 2.86. The van der Waals surface area contributed by atoms with Crippen LogP contribution in [0.5, 0.6) is 5.75 Å². The Morgan fingerprint density at radius 2 is 2.07 bits per heavy atom. The molecule has 0 aliphatic heterocycles. The van der Waals surface area contributed by atoms with E-state index >= 15 is 4.39 Å². The topological polar surface area (TPSA) is 134 Å². The highest BCUT2D eigenvalue weighted by Crippen LogP contribution is 2.37. The van der Waals surface area contributed by atoms with E-state index in [0.29, 0.717) is 12.8 Å². The number of Topliss-reactive ketones (excluding diaryl/α,β-unsaturated/α-hetero) is 1. The number of rotatable bonds is 8. The van der Waals surface area contributed by atoms with Gasteiger partial charge in [0.1, 0.15) is 23.9 Å². The molecule has 0 bridgehead atoms. The molecule has 10 heteroatoms. The second-order valence-electron chi connectivity index (χ2n) is 7.34. The number of benzene rings is 1. The molecule has 0 spiro atoms. The normalized spacial score (nSPS) is 15.3. The van der Waals surface area contributed by atoms with Crippen molar-refractivity contribution in [3.8, 4) is 11.4 Å². The molecule has 9 nitrogen and oxygen atoms in total. The minimum atomic E-state index is -1.01. The third-order valence-electron chi connectivity index (χ3n) is 4.88. The van der Waals surface area contributed by atoms with Crippen molar-refractivity contribution >= 4 is 17.6 Å². The maximum atomic E-state index is 15.5. The number of carbonyl (C=O) groups is 2. The highest BCUT2D eigenvalue weighted by Gasteiger charge is 2.41. The number of esters is 1. The Morgan fingerprint density at radius 3 is 2.67 bits per heavy atom. The molecule has 1 aliphatic carbocycles. The molecule has 1 aromatic heterocycles. The van der Waals surface area contributed by atoms with Crippen LogP contribution < -0.4 is 16.2 Å². The monoisotopic (exact) mass is 419 g/mol. The molecular weight excluding hydrogens is 397 g/mol. The summed E-state index contributed by atoms with van der Waals surface area (Å²) in [5.41, 5.74) is 3.01. The van der Waals surface area contributed by atoms with Gasteiger partial charge in [-0.25, -0.2) is 9.18 Å². The Hall–Kier alpha value is -3.27. The van der Waals surface area contributed by atoms with Gasteiger partial charge in [-0.3, -0.25) is 14.2 Å². The fraction of sp³-hybridized carbons (Fsp3) is 0.400. The van der Waals surface area contributed by atoms with E-state index in [0.717, 1.165) is 4.57 Å². The number of nitrogens with two attached hydrogens (primary N) is 1. The second-order valence-corrected chi connectivity index (χ2v) is 7.34. The summed E-state index contributed by atoms with van der Waals surface area (Å²) in [6.07, 6.45) is 2.10. The van der Waals surface area contributed by atoms with Crippen molar-refractivity contribution in [1.29, 1.82) is 0 Å². The summed E-state index contributed by atoms with van der Waals surface area (Å²) >= 11 is 0. The number of hydrogen-bond donors (Lipinski definition) is 2. The van der Waals surface area contributed by atoms with Crippen molar-refractivity contribution in [2.24, 2.45) is 5.92 Å². The number of carbonyl (C=O) groups excluding carboxylic acids is 2. The SMILES string of the molecule is COC(=O)CC(C)C(=O)c1ccc(OCC2(O)CC2)c(-n2ccc(N)nc2=O)c1F. The molecule has 1 unspecified atom stereocenters. The van der Waals surface area contributed by atoms with Crippen molar-refractivity contribution in [2.45, 2.75) is 31.8 Å². The Kier molecular flexibility index (Phi) is 5.88. The molecule has 1 atom stereocenters. The molecule has 30 heavy (non-hydrogen) atoms. The van der Waals surface area contributed by atoms with Crippen molar-refractivity contribution < 1.29 is 28.6 Å². The zero-order chi connectivity index (χ0) is 22.1. The Balaban J connectivity index is 2.05. The number of nitrogens with zero attached hydrogens (tertiary/aromatic N) is 2. The third-order valence-corrected chi connectivity index (χ3v) is 4.88. The lowest BCUT2D eigenvalue weighted by molar-refractivity contribution is -0.141. The van der Waals surface area contributed by atoms with Crippen molar-refractivity contribution in [1.82, 2.24) is 9.55 Å². The summed E-state index contributed by atoms with van der Waals surface area (Å²) in [6, 6.07) is 3.86. The number of ether oxygens (including phenoxy) is 2. The number of aliphatic hydroxyl groups is 1. The average Bonchev–Trinajstić information content (AvgIpc) is 3.44. The zero-order valence-corrected chi connectivity index (χ0v) is 16.6. The molecule has 3 N–H and O–H groups in total. The minimum absolute atomic E-state index is 0.0429. The number of anilines is 1. The molecule has 1 aromatic carbocycles. The van der Waals surface area contributed by atoms with E-state index in [9.17, 15) is 19.5 Å². The van der Waals surface area contributed by atoms with Crippen LogP contribution in [0.1, 0.15) is 36.5 Å². The van der Waals surface area contributed by atoms with E-state index in [2.05, 4.69) is 9.72 Å². The van der Waals surface area contributed by atoms with E-state index in [1.165, 1.54) is 38.4 Å². The van der Waals surface area contributed by atoms with Crippen molar-refractivity contribution in [3.63, 3.8) is 0 Å². The van der Waals surface area contributed by atoms with Gasteiger partial charge in [0.15, 0.2) is 11.6 Å². The first-order chi connectivity index (χ1) is 14.1. The van der Waals surface area contributed by atoms with Crippen LogP contribution in [0.25, 0.3) is 5.69 Å². The smallest absolute Gasteiger partial charge is 0.354 e. The summed E-state index contributed by atoms with van der Waals surface area (Å²) in [5, 5.41) is 10.0. The van der Waals surface area contributed by atoms with Gasteiger partial charge >= 0.3 is 11.7 Å². The second kappa shape index (κ2) is 8.23. The number of nitrogen functional groups attached to an aromatic ring is 1. The number of halogens is 1. The highest BCUT2D eigenvalue weighted by molar-refractivity contribution is 6.00. The van der Waals surface area contributed by atoms with E-state index < -0.39 is 34.8 Å². The molecule has 0 radical (unpaired) electrons. The molecule has 2 aromatic rings. The first kappa shape index (κ1) is 21.4. The van der Waals surface area contributed by atoms with E-state index in [4.69, 9.17) is 10.5 Å². The van der Waals surface area contributed by atoms with E-state index in [1.54, 1.807) is 0 Å². The van der Waals surface area contributed by atoms with Gasteiger partial charge in [-0.2, -0.15) is 4.98 Å². The van der Waals surface area contributed by atoms with Gasteiger partial charge in [0.05, 0.1) is 24.7 Å². The van der Waals surface area contributed by atoms with Crippen molar-refractivity contribution in [3.05, 3.63) is 46.3 Å². The molecule has 160 valence electrons. The van der Waals surface area contributed by atoms with Crippen LogP contribution in [0, 0.1) is 11.7 Å². The molecule has 1 aliphatic rings. The summed E-state index contributed by atoms with van der Waals surface area (Å²) < 4.78 is 26.5. The van der Waals surface area contributed by atoms with Crippen LogP contribution in [0.4, 0.5) is 10.2 Å². The van der Waals surface area contributed by atoms with Gasteiger partial charge in [0.25, 0.3) is 0 Å². The first-order valence-electron chi connectivity index (χ1n) is 9.29. The Labute approximate surface area is 171 Å². The molecule has 0 saturated heterocycles. The number of methoxy groups -OCH3 is 1. The van der Waals surface area contributed by atoms with Gasteiger partial charge < -0.3 is 20.3 Å². The number of hydrogen-bond acceptors (Lipinski definition) is 8. The average molecular weight is 419 g/mol. The molecule has 1 saturated carbocycles. The third kappa shape index (κ3) is 4.48. The number of aromatic nitrogens is 2. The van der Waals surface area contributed by atoms with Crippen LogP contribution in [-0.4, -0.2) is 45.7 Å². The summed E-state index contributed by atoms with van der Waals surface area (Å²) in [4.78, 5) is 40.1. The Morgan fingerprint density at radius 1 is 1.37 bits per heavy atom. The molecule has 0 amide bonds. The number of ketones is 1. The minimum Gasteiger partial charge on any atom is -0.488 e. The zero-order valence-electron chi connectivity index (χ0n) is 16.6. The van der Waals surface area contributed by atoms with Gasteiger partial charge in [-0.1, -0.05) is 6.92 Å². The maximum absolute atomic E-state index is 15.5. The van der Waals surface area contributed by atoms with Crippen LogP contribution in [-0.2, 0) is 9.53 Å². The highest BCUT2D eigenvalue weighted by atomic mass is 19.1. The van der Waals surface area contributed by atoms with E-state index in [1.807, 2.05) is 0 Å².